The average molecular weight is 622 g/mol. The quantitative estimate of drug-likeness (QED) is 0.0430. The Morgan fingerprint density at radius 1 is 0.727 bits per heavy atom. The highest BCUT2D eigenvalue weighted by Crippen LogP contribution is 2.23. The topological polar surface area (TPSA) is 108 Å². The molecular formula is C36H71N5O3. The molecule has 0 aromatic carbocycles. The molecule has 0 bridgehead atoms. The van der Waals surface area contributed by atoms with Crippen molar-refractivity contribution in [2.75, 3.05) is 20.6 Å². The molecule has 1 aliphatic heterocycles. The number of carbonyl (C=O) groups excluding carboxylic acids is 3. The summed E-state index contributed by atoms with van der Waals surface area (Å²) in [7, 11) is 3.96. The SMILES string of the molecule is CCCCCCCCCCCCCCCCCCCCCC(=O)NC(CCCCC(N)(NCC)N1C(=O)CCC1=O)N(C)C. The van der Waals surface area contributed by atoms with E-state index in [-0.39, 0.29) is 36.7 Å². The Morgan fingerprint density at radius 3 is 1.57 bits per heavy atom. The summed E-state index contributed by atoms with van der Waals surface area (Å²) in [6.07, 6.45) is 29.5. The fourth-order valence-corrected chi connectivity index (χ4v) is 6.42. The molecule has 44 heavy (non-hydrogen) atoms. The standard InChI is InChI=1S/C36H71N5O3/c1-5-7-8-9-10-11-12-13-14-15-16-17-18-19-20-21-22-23-24-28-33(42)39-32(40(3)4)27-25-26-31-36(37,38-6-2)41-34(43)29-30-35(41)44/h32,38H,5-31,37H2,1-4H3,(H,39,42). The minimum absolute atomic E-state index is 0.0378. The highest BCUT2D eigenvalue weighted by Gasteiger charge is 2.43. The van der Waals surface area contributed by atoms with Crippen LogP contribution in [0.2, 0.25) is 0 Å². The first-order chi connectivity index (χ1) is 21.2. The molecule has 0 spiro atoms. The molecule has 0 aromatic rings. The molecule has 8 nitrogen and oxygen atoms in total. The molecule has 0 aromatic heterocycles. The minimum Gasteiger partial charge on any atom is -0.341 e. The molecule has 1 rings (SSSR count). The van der Waals surface area contributed by atoms with Crippen LogP contribution in [0.3, 0.4) is 0 Å². The Balaban J connectivity index is 2.04. The molecule has 0 aliphatic carbocycles. The first kappa shape index (κ1) is 40.5. The first-order valence-electron chi connectivity index (χ1n) is 18.6. The number of carbonyl (C=O) groups is 3. The Morgan fingerprint density at radius 2 is 1.16 bits per heavy atom. The van der Waals surface area contributed by atoms with Crippen molar-refractivity contribution in [2.24, 2.45) is 5.73 Å². The average Bonchev–Trinajstić information content (AvgIpc) is 3.34. The van der Waals surface area contributed by atoms with Crippen molar-refractivity contribution < 1.29 is 14.4 Å². The summed E-state index contributed by atoms with van der Waals surface area (Å²) < 4.78 is 0. The summed E-state index contributed by atoms with van der Waals surface area (Å²) in [5.41, 5.74) is 6.51. The zero-order chi connectivity index (χ0) is 32.5. The third-order valence-corrected chi connectivity index (χ3v) is 9.18. The van der Waals surface area contributed by atoms with Crippen LogP contribution >= 0.6 is 0 Å². The van der Waals surface area contributed by atoms with E-state index in [4.69, 9.17) is 5.73 Å². The second kappa shape index (κ2) is 25.7. The zero-order valence-electron chi connectivity index (χ0n) is 29.4. The fraction of sp³-hybridized carbons (Fsp3) is 0.917. The monoisotopic (exact) mass is 622 g/mol. The molecule has 4 N–H and O–H groups in total. The van der Waals surface area contributed by atoms with E-state index in [1.807, 2.05) is 25.9 Å². The normalized spacial score (nSPS) is 15.7. The summed E-state index contributed by atoms with van der Waals surface area (Å²) in [6, 6.07) is 0. The lowest BCUT2D eigenvalue weighted by Crippen LogP contribution is -2.67. The van der Waals surface area contributed by atoms with Crippen LogP contribution in [-0.4, -0.2) is 60.1 Å². The van der Waals surface area contributed by atoms with Gasteiger partial charge in [-0.1, -0.05) is 129 Å². The molecule has 1 aliphatic rings. The van der Waals surface area contributed by atoms with E-state index in [1.165, 1.54) is 114 Å². The van der Waals surface area contributed by atoms with Gasteiger partial charge in [-0.05, 0) is 52.7 Å². The Bertz CT molecular complexity index is 746. The first-order valence-corrected chi connectivity index (χ1v) is 18.6. The van der Waals surface area contributed by atoms with E-state index in [1.54, 1.807) is 0 Å². The third-order valence-electron chi connectivity index (χ3n) is 9.18. The summed E-state index contributed by atoms with van der Waals surface area (Å²) in [6.45, 7) is 4.78. The lowest BCUT2D eigenvalue weighted by atomic mass is 10.0. The molecule has 8 heteroatoms. The third kappa shape index (κ3) is 18.5. The Labute approximate surface area is 271 Å². The number of rotatable bonds is 30. The van der Waals surface area contributed by atoms with Gasteiger partial charge < -0.3 is 5.32 Å². The van der Waals surface area contributed by atoms with E-state index < -0.39 is 5.79 Å². The highest BCUT2D eigenvalue weighted by atomic mass is 16.2. The zero-order valence-corrected chi connectivity index (χ0v) is 29.4. The summed E-state index contributed by atoms with van der Waals surface area (Å²) in [4.78, 5) is 40.4. The second-order valence-corrected chi connectivity index (χ2v) is 13.5. The van der Waals surface area contributed by atoms with E-state index in [2.05, 4.69) is 17.6 Å². The number of unbranched alkanes of at least 4 members (excludes halogenated alkanes) is 19. The molecule has 2 unspecified atom stereocenters. The van der Waals surface area contributed by atoms with Gasteiger partial charge in [0, 0.05) is 19.3 Å². The molecule has 2 atom stereocenters. The Kier molecular flexibility index (Phi) is 23.6. The highest BCUT2D eigenvalue weighted by molar-refractivity contribution is 6.02. The predicted molar refractivity (Wildman–Crippen MR) is 184 cm³/mol. The second-order valence-electron chi connectivity index (χ2n) is 13.5. The Hall–Kier alpha value is -1.51. The lowest BCUT2D eigenvalue weighted by molar-refractivity contribution is -0.147. The van der Waals surface area contributed by atoms with Gasteiger partial charge in [-0.3, -0.25) is 35.2 Å². The maximum absolute atomic E-state index is 12.6. The van der Waals surface area contributed by atoms with Crippen molar-refractivity contribution in [3.8, 4) is 0 Å². The van der Waals surface area contributed by atoms with Gasteiger partial charge in [0.15, 0.2) is 5.79 Å². The maximum Gasteiger partial charge on any atom is 0.232 e. The van der Waals surface area contributed by atoms with Gasteiger partial charge in [0.2, 0.25) is 17.7 Å². The van der Waals surface area contributed by atoms with Crippen molar-refractivity contribution in [3.05, 3.63) is 0 Å². The van der Waals surface area contributed by atoms with Gasteiger partial charge in [-0.2, -0.15) is 0 Å². The molecular weight excluding hydrogens is 550 g/mol. The number of nitrogens with two attached hydrogens (primary N) is 1. The van der Waals surface area contributed by atoms with E-state index >= 15 is 0 Å². The molecule has 258 valence electrons. The molecule has 3 amide bonds. The largest absolute Gasteiger partial charge is 0.341 e. The molecule has 1 heterocycles. The van der Waals surface area contributed by atoms with Gasteiger partial charge >= 0.3 is 0 Å². The van der Waals surface area contributed by atoms with Gasteiger partial charge in [0.1, 0.15) is 0 Å². The lowest BCUT2D eigenvalue weighted by Gasteiger charge is -2.38. The van der Waals surface area contributed by atoms with Crippen molar-refractivity contribution >= 4 is 17.7 Å². The van der Waals surface area contributed by atoms with Crippen LogP contribution in [0.25, 0.3) is 0 Å². The molecule has 1 saturated heterocycles. The fourth-order valence-electron chi connectivity index (χ4n) is 6.42. The maximum atomic E-state index is 12.6. The van der Waals surface area contributed by atoms with Crippen LogP contribution in [0.1, 0.15) is 181 Å². The van der Waals surface area contributed by atoms with Crippen LogP contribution in [0.15, 0.2) is 0 Å². The number of hydrogen-bond acceptors (Lipinski definition) is 6. The molecule has 1 fully saturated rings. The number of nitrogens with one attached hydrogen (secondary N) is 2. The van der Waals surface area contributed by atoms with Crippen LogP contribution < -0.4 is 16.4 Å². The molecule has 0 saturated carbocycles. The number of amides is 3. The number of hydrogen-bond donors (Lipinski definition) is 3. The van der Waals surface area contributed by atoms with E-state index in [9.17, 15) is 14.4 Å². The van der Waals surface area contributed by atoms with Crippen molar-refractivity contribution in [3.63, 3.8) is 0 Å². The van der Waals surface area contributed by atoms with Crippen LogP contribution in [0.5, 0.6) is 0 Å². The van der Waals surface area contributed by atoms with Gasteiger partial charge in [-0.15, -0.1) is 0 Å². The molecule has 0 radical (unpaired) electrons. The van der Waals surface area contributed by atoms with Crippen molar-refractivity contribution in [1.29, 1.82) is 0 Å². The minimum atomic E-state index is -1.14. The number of likely N-dealkylation sites (tertiary alicyclic amines) is 1. The van der Waals surface area contributed by atoms with Crippen molar-refractivity contribution in [2.45, 2.75) is 193 Å². The number of imide groups is 1. The van der Waals surface area contributed by atoms with Crippen LogP contribution in [0.4, 0.5) is 0 Å². The van der Waals surface area contributed by atoms with E-state index in [0.29, 0.717) is 19.4 Å². The summed E-state index contributed by atoms with van der Waals surface area (Å²) in [5, 5.41) is 6.34. The van der Waals surface area contributed by atoms with Gasteiger partial charge in [0.05, 0.1) is 6.17 Å². The van der Waals surface area contributed by atoms with E-state index in [0.717, 1.165) is 32.1 Å². The number of nitrogens with zero attached hydrogens (tertiary/aromatic N) is 2. The predicted octanol–water partition coefficient (Wildman–Crippen LogP) is 7.74. The van der Waals surface area contributed by atoms with Gasteiger partial charge in [-0.25, -0.2) is 0 Å². The van der Waals surface area contributed by atoms with Crippen molar-refractivity contribution in [1.82, 2.24) is 20.4 Å². The summed E-state index contributed by atoms with van der Waals surface area (Å²) in [5.74, 6) is -1.42. The summed E-state index contributed by atoms with van der Waals surface area (Å²) >= 11 is 0. The van der Waals surface area contributed by atoms with Gasteiger partial charge in [0.25, 0.3) is 0 Å². The smallest absolute Gasteiger partial charge is 0.232 e. The van der Waals surface area contributed by atoms with Crippen LogP contribution in [-0.2, 0) is 14.4 Å². The van der Waals surface area contributed by atoms with Crippen LogP contribution in [0, 0.1) is 0 Å².